The van der Waals surface area contributed by atoms with Crippen molar-refractivity contribution in [3.63, 3.8) is 0 Å². The van der Waals surface area contributed by atoms with Gasteiger partial charge in [0.05, 0.1) is 0 Å². The second kappa shape index (κ2) is 6.89. The molecule has 0 saturated heterocycles. The Labute approximate surface area is 131 Å². The van der Waals surface area contributed by atoms with Crippen LogP contribution in [0.5, 0.6) is 0 Å². The molecular formula is C18H36OSn. The molecule has 0 aromatic rings. The van der Waals surface area contributed by atoms with Gasteiger partial charge in [-0.3, -0.25) is 0 Å². The van der Waals surface area contributed by atoms with Gasteiger partial charge in [-0.2, -0.15) is 0 Å². The minimum absolute atomic E-state index is 0.586. The third-order valence-corrected chi connectivity index (χ3v) is 17.3. The van der Waals surface area contributed by atoms with Crippen LogP contribution in [0.15, 0.2) is 0 Å². The summed E-state index contributed by atoms with van der Waals surface area (Å²) >= 11 is -1.88. The summed E-state index contributed by atoms with van der Waals surface area (Å²) in [6.45, 7) is 2.35. The molecular weight excluding hydrogens is 351 g/mol. The molecule has 0 radical (unpaired) electrons. The number of unbranched alkanes of at least 4 members (excludes halogenated alkanes) is 1. The van der Waals surface area contributed by atoms with Gasteiger partial charge in [0.2, 0.25) is 0 Å². The zero-order chi connectivity index (χ0) is 14.8. The summed E-state index contributed by atoms with van der Waals surface area (Å²) in [5.74, 6) is 1.79. The number of rotatable bonds is 7. The van der Waals surface area contributed by atoms with E-state index in [4.69, 9.17) is 4.74 Å². The molecule has 2 aliphatic rings. The van der Waals surface area contributed by atoms with Crippen LogP contribution in [0, 0.1) is 11.8 Å². The van der Waals surface area contributed by atoms with Crippen molar-refractivity contribution in [1.29, 1.82) is 0 Å². The van der Waals surface area contributed by atoms with Gasteiger partial charge < -0.3 is 0 Å². The van der Waals surface area contributed by atoms with Crippen molar-refractivity contribution in [2.75, 3.05) is 7.11 Å². The first-order valence-corrected chi connectivity index (χ1v) is 19.0. The van der Waals surface area contributed by atoms with E-state index in [1.54, 1.807) is 0 Å². The Morgan fingerprint density at radius 1 is 1.15 bits per heavy atom. The van der Waals surface area contributed by atoms with E-state index >= 15 is 0 Å². The van der Waals surface area contributed by atoms with Crippen LogP contribution in [-0.4, -0.2) is 31.6 Å². The molecule has 2 aliphatic carbocycles. The zero-order valence-corrected chi connectivity index (χ0v) is 17.4. The van der Waals surface area contributed by atoms with Gasteiger partial charge in [-0.15, -0.1) is 0 Å². The molecule has 0 unspecified atom stereocenters. The average molecular weight is 387 g/mol. The molecule has 2 heteroatoms. The normalized spacial score (nSPS) is 33.1. The van der Waals surface area contributed by atoms with Crippen molar-refractivity contribution in [3.05, 3.63) is 0 Å². The maximum atomic E-state index is 6.08. The van der Waals surface area contributed by atoms with Crippen LogP contribution < -0.4 is 0 Å². The predicted octanol–water partition coefficient (Wildman–Crippen LogP) is 5.87. The molecule has 2 fully saturated rings. The number of methoxy groups -OCH3 is 1. The monoisotopic (exact) mass is 388 g/mol. The summed E-state index contributed by atoms with van der Waals surface area (Å²) in [7, 11) is 1.99. The first-order chi connectivity index (χ1) is 9.46. The van der Waals surface area contributed by atoms with Gasteiger partial charge in [0.15, 0.2) is 0 Å². The molecule has 3 atom stereocenters. The van der Waals surface area contributed by atoms with Gasteiger partial charge in [-0.25, -0.2) is 0 Å². The van der Waals surface area contributed by atoms with Gasteiger partial charge in [0, 0.05) is 0 Å². The second-order valence-corrected chi connectivity index (χ2v) is 24.1. The molecule has 0 aromatic heterocycles. The van der Waals surface area contributed by atoms with E-state index in [1.165, 1.54) is 57.8 Å². The summed E-state index contributed by atoms with van der Waals surface area (Å²) in [4.78, 5) is 7.99. The third-order valence-electron chi connectivity index (χ3n) is 6.39. The summed E-state index contributed by atoms with van der Waals surface area (Å²) < 4.78 is 6.84. The van der Waals surface area contributed by atoms with E-state index in [2.05, 4.69) is 21.7 Å². The fraction of sp³-hybridized carbons (Fsp3) is 1.00. The van der Waals surface area contributed by atoms with Crippen molar-refractivity contribution in [2.24, 2.45) is 11.8 Å². The van der Waals surface area contributed by atoms with Crippen LogP contribution in [0.4, 0.5) is 0 Å². The zero-order valence-electron chi connectivity index (χ0n) is 14.5. The van der Waals surface area contributed by atoms with Crippen LogP contribution in [0.1, 0.15) is 64.7 Å². The van der Waals surface area contributed by atoms with Crippen molar-refractivity contribution >= 4 is 18.4 Å². The molecule has 0 aliphatic heterocycles. The molecule has 118 valence electrons. The molecule has 0 spiro atoms. The van der Waals surface area contributed by atoms with Crippen LogP contribution in [0.3, 0.4) is 0 Å². The molecule has 2 rings (SSSR count). The molecule has 0 aromatic carbocycles. The Morgan fingerprint density at radius 3 is 2.30 bits per heavy atom. The van der Waals surface area contributed by atoms with E-state index in [1.807, 2.05) is 7.11 Å². The fourth-order valence-electron chi connectivity index (χ4n) is 4.93. The van der Waals surface area contributed by atoms with Crippen molar-refractivity contribution in [2.45, 2.75) is 89.1 Å². The molecule has 1 nitrogen and oxygen atoms in total. The van der Waals surface area contributed by atoms with E-state index < -0.39 is 18.4 Å². The number of hydrogen-bond acceptors (Lipinski definition) is 1. The maximum absolute atomic E-state index is 6.08. The molecule has 0 N–H and O–H groups in total. The van der Waals surface area contributed by atoms with E-state index in [0.717, 1.165) is 15.3 Å². The summed E-state index contributed by atoms with van der Waals surface area (Å²) in [5, 5.41) is 0. The molecule has 0 amide bonds. The third kappa shape index (κ3) is 3.39. The van der Waals surface area contributed by atoms with Gasteiger partial charge in [-0.05, 0) is 0 Å². The number of ether oxygens (including phenoxy) is 1. The van der Waals surface area contributed by atoms with Crippen LogP contribution >= 0.6 is 0 Å². The molecule has 2 saturated carbocycles. The van der Waals surface area contributed by atoms with Crippen molar-refractivity contribution < 1.29 is 4.74 Å². The minimum atomic E-state index is -1.88. The molecule has 0 bridgehead atoms. The molecule has 0 heterocycles. The Balaban J connectivity index is 2.06. The topological polar surface area (TPSA) is 9.23 Å². The summed E-state index contributed by atoms with van der Waals surface area (Å²) in [5.41, 5.74) is 0. The fourth-order valence-corrected chi connectivity index (χ4v) is 13.6. The predicted molar refractivity (Wildman–Crippen MR) is 91.0 cm³/mol. The summed E-state index contributed by atoms with van der Waals surface area (Å²) in [6.07, 6.45) is 13.6. The molecule has 20 heavy (non-hydrogen) atoms. The summed E-state index contributed by atoms with van der Waals surface area (Å²) in [6, 6.07) is 0. The van der Waals surface area contributed by atoms with Gasteiger partial charge in [-0.1, -0.05) is 0 Å². The van der Waals surface area contributed by atoms with Crippen LogP contribution in [0.2, 0.25) is 18.2 Å². The SMILES string of the molecule is CCCC[C@@]1([Sn]([CH3])([CH3])[CH3])C[C@H]1[C@H](OC)C1CCCCC1. The quantitative estimate of drug-likeness (QED) is 0.497. The van der Waals surface area contributed by atoms with Gasteiger partial charge in [0.1, 0.15) is 0 Å². The van der Waals surface area contributed by atoms with E-state index in [9.17, 15) is 0 Å². The first kappa shape index (κ1) is 17.1. The van der Waals surface area contributed by atoms with E-state index in [0.29, 0.717) is 6.10 Å². The Morgan fingerprint density at radius 2 is 1.80 bits per heavy atom. The van der Waals surface area contributed by atoms with Crippen LogP contribution in [0.25, 0.3) is 0 Å². The van der Waals surface area contributed by atoms with Gasteiger partial charge >= 0.3 is 131 Å². The first-order valence-electron chi connectivity index (χ1n) is 8.99. The van der Waals surface area contributed by atoms with Gasteiger partial charge in [0.25, 0.3) is 0 Å². The Hall–Kier alpha value is 0.759. The standard InChI is InChI=1S/C15H27O.3CH3.Sn/c1-3-4-8-13-11-14(13)15(16-2)12-9-6-5-7-10-12;;;;/h12,14-15H,3-11H2,1-2H3;3*1H3;/t14-,15-;;;;/m1..../s1. The Kier molecular flexibility index (Phi) is 5.90. The average Bonchev–Trinajstić information content (AvgIpc) is 3.14. The Bertz CT molecular complexity index is 303. The van der Waals surface area contributed by atoms with E-state index in [-0.39, 0.29) is 0 Å². The van der Waals surface area contributed by atoms with Crippen molar-refractivity contribution in [3.8, 4) is 0 Å². The van der Waals surface area contributed by atoms with Crippen LogP contribution in [-0.2, 0) is 4.74 Å². The second-order valence-electron chi connectivity index (χ2n) is 8.42. The number of hydrogen-bond donors (Lipinski definition) is 0. The van der Waals surface area contributed by atoms with Crippen molar-refractivity contribution in [1.82, 2.24) is 0 Å².